The largest absolute Gasteiger partial charge is 0.497 e. The van der Waals surface area contributed by atoms with Crippen LogP contribution in [0.4, 0.5) is 0 Å². The van der Waals surface area contributed by atoms with E-state index < -0.39 is 6.04 Å². The first kappa shape index (κ1) is 22.9. The predicted octanol–water partition coefficient (Wildman–Crippen LogP) is 3.42. The fraction of sp³-hybridized carbons (Fsp3) is 0.391. The zero-order valence-electron chi connectivity index (χ0n) is 18.0. The third-order valence-corrected chi connectivity index (χ3v) is 5.55. The third kappa shape index (κ3) is 5.29. The minimum Gasteiger partial charge on any atom is -0.497 e. The van der Waals surface area contributed by atoms with Crippen LogP contribution < -0.4 is 9.47 Å². The van der Waals surface area contributed by atoms with Crippen LogP contribution in [0, 0.1) is 0 Å². The van der Waals surface area contributed by atoms with Gasteiger partial charge in [0.05, 0.1) is 26.4 Å². The summed E-state index contributed by atoms with van der Waals surface area (Å²) in [7, 11) is 3.09. The number of halogens is 1. The van der Waals surface area contributed by atoms with Crippen LogP contribution in [0.5, 0.6) is 11.5 Å². The second-order valence-corrected chi connectivity index (χ2v) is 7.54. The fourth-order valence-corrected chi connectivity index (χ4v) is 3.82. The summed E-state index contributed by atoms with van der Waals surface area (Å²) >= 11 is 6.01. The number of amides is 1. The van der Waals surface area contributed by atoms with Crippen LogP contribution in [-0.2, 0) is 9.53 Å². The molecule has 0 aliphatic carbocycles. The fourth-order valence-electron chi connectivity index (χ4n) is 3.69. The molecule has 0 aromatic heterocycles. The summed E-state index contributed by atoms with van der Waals surface area (Å²) in [4.78, 5) is 29.6. The average Bonchev–Trinajstić information content (AvgIpc) is 2.80. The van der Waals surface area contributed by atoms with E-state index in [-0.39, 0.29) is 11.9 Å². The highest BCUT2D eigenvalue weighted by Crippen LogP contribution is 2.28. The molecule has 1 amide bonds. The molecule has 0 bridgehead atoms. The van der Waals surface area contributed by atoms with Gasteiger partial charge in [0.2, 0.25) is 0 Å². The lowest BCUT2D eigenvalue weighted by molar-refractivity contribution is -0.150. The minimum absolute atomic E-state index is 0.113. The molecule has 0 spiro atoms. The molecule has 31 heavy (non-hydrogen) atoms. The van der Waals surface area contributed by atoms with Gasteiger partial charge in [-0.2, -0.15) is 0 Å². The highest BCUT2D eigenvalue weighted by molar-refractivity contribution is 6.30. The molecule has 1 saturated heterocycles. The minimum atomic E-state index is -0.537. The van der Waals surface area contributed by atoms with Gasteiger partial charge in [-0.3, -0.25) is 9.69 Å². The number of benzene rings is 2. The van der Waals surface area contributed by atoms with Crippen molar-refractivity contribution in [2.75, 3.05) is 47.0 Å². The molecule has 1 atom stereocenters. The Morgan fingerprint density at radius 2 is 1.68 bits per heavy atom. The molecule has 1 heterocycles. The van der Waals surface area contributed by atoms with E-state index in [1.165, 1.54) is 7.11 Å². The normalized spacial score (nSPS) is 15.3. The predicted molar refractivity (Wildman–Crippen MR) is 118 cm³/mol. The molecule has 7 nitrogen and oxygen atoms in total. The molecular formula is C23H27ClN2O5. The van der Waals surface area contributed by atoms with E-state index in [0.717, 1.165) is 5.56 Å². The molecule has 1 aliphatic heterocycles. The Bertz CT molecular complexity index is 911. The van der Waals surface area contributed by atoms with Crippen molar-refractivity contribution in [3.05, 3.63) is 58.6 Å². The lowest BCUT2D eigenvalue weighted by Crippen LogP contribution is -2.51. The number of hydrogen-bond donors (Lipinski definition) is 0. The number of methoxy groups -OCH3 is 2. The Labute approximate surface area is 187 Å². The van der Waals surface area contributed by atoms with Gasteiger partial charge < -0.3 is 19.1 Å². The van der Waals surface area contributed by atoms with E-state index in [1.807, 2.05) is 17.0 Å². The quantitative estimate of drug-likeness (QED) is 0.607. The van der Waals surface area contributed by atoms with Crippen LogP contribution >= 0.6 is 11.6 Å². The Kier molecular flexibility index (Phi) is 7.76. The molecule has 2 aromatic rings. The van der Waals surface area contributed by atoms with Crippen LogP contribution in [0.1, 0.15) is 28.9 Å². The maximum atomic E-state index is 13.1. The summed E-state index contributed by atoms with van der Waals surface area (Å²) in [5.41, 5.74) is 1.30. The van der Waals surface area contributed by atoms with Gasteiger partial charge >= 0.3 is 5.97 Å². The summed E-state index contributed by atoms with van der Waals surface area (Å²) < 4.78 is 15.9. The van der Waals surface area contributed by atoms with E-state index >= 15 is 0 Å². The van der Waals surface area contributed by atoms with Gasteiger partial charge in [0, 0.05) is 37.3 Å². The average molecular weight is 447 g/mol. The van der Waals surface area contributed by atoms with Crippen molar-refractivity contribution in [2.24, 2.45) is 0 Å². The first-order chi connectivity index (χ1) is 15.0. The number of ether oxygens (including phenoxy) is 3. The van der Waals surface area contributed by atoms with Crippen LogP contribution in [0.15, 0.2) is 42.5 Å². The molecule has 2 aromatic carbocycles. The van der Waals surface area contributed by atoms with Crippen molar-refractivity contribution in [2.45, 2.75) is 13.0 Å². The maximum Gasteiger partial charge on any atom is 0.328 e. The molecule has 1 unspecified atom stereocenters. The van der Waals surface area contributed by atoms with Crippen LogP contribution in [0.2, 0.25) is 5.02 Å². The van der Waals surface area contributed by atoms with E-state index in [4.69, 9.17) is 25.8 Å². The van der Waals surface area contributed by atoms with Crippen molar-refractivity contribution < 1.29 is 23.8 Å². The number of piperazine rings is 1. The molecule has 0 radical (unpaired) electrons. The van der Waals surface area contributed by atoms with Gasteiger partial charge in [-0.05, 0) is 36.8 Å². The number of carbonyl (C=O) groups excluding carboxylic acids is 2. The number of esters is 1. The second-order valence-electron chi connectivity index (χ2n) is 7.10. The molecule has 1 aliphatic rings. The van der Waals surface area contributed by atoms with Crippen molar-refractivity contribution in [3.63, 3.8) is 0 Å². The Morgan fingerprint density at radius 1 is 1.00 bits per heavy atom. The van der Waals surface area contributed by atoms with Crippen molar-refractivity contribution in [1.82, 2.24) is 9.80 Å². The van der Waals surface area contributed by atoms with Gasteiger partial charge in [-0.25, -0.2) is 4.79 Å². The second kappa shape index (κ2) is 10.5. The van der Waals surface area contributed by atoms with Gasteiger partial charge in [-0.1, -0.05) is 23.7 Å². The lowest BCUT2D eigenvalue weighted by Gasteiger charge is -2.38. The highest BCUT2D eigenvalue weighted by atomic mass is 35.5. The van der Waals surface area contributed by atoms with Gasteiger partial charge in [0.25, 0.3) is 5.91 Å². The van der Waals surface area contributed by atoms with Gasteiger partial charge in [0.15, 0.2) is 0 Å². The van der Waals surface area contributed by atoms with E-state index in [0.29, 0.717) is 54.9 Å². The van der Waals surface area contributed by atoms with Gasteiger partial charge in [0.1, 0.15) is 17.5 Å². The van der Waals surface area contributed by atoms with Crippen LogP contribution in [0.25, 0.3) is 0 Å². The SMILES string of the molecule is CCOC(=O)C(c1ccc(Cl)cc1)N1CCN(C(=O)c2ccc(OC)cc2OC)CC1. The van der Waals surface area contributed by atoms with E-state index in [9.17, 15) is 9.59 Å². The third-order valence-electron chi connectivity index (χ3n) is 5.30. The van der Waals surface area contributed by atoms with E-state index in [1.54, 1.807) is 49.3 Å². The zero-order chi connectivity index (χ0) is 22.4. The first-order valence-electron chi connectivity index (χ1n) is 10.2. The Morgan fingerprint density at radius 3 is 2.26 bits per heavy atom. The van der Waals surface area contributed by atoms with Crippen LogP contribution in [0.3, 0.4) is 0 Å². The molecule has 8 heteroatoms. The number of nitrogens with zero attached hydrogens (tertiary/aromatic N) is 2. The number of hydrogen-bond acceptors (Lipinski definition) is 6. The molecular weight excluding hydrogens is 420 g/mol. The summed E-state index contributed by atoms with van der Waals surface area (Å²) in [5, 5.41) is 0.607. The number of carbonyl (C=O) groups is 2. The standard InChI is InChI=1S/C23H27ClN2O5/c1-4-31-23(28)21(16-5-7-17(24)8-6-16)25-11-13-26(14-12-25)22(27)19-10-9-18(29-2)15-20(19)30-3/h5-10,15,21H,4,11-14H2,1-3H3. The van der Waals surface area contributed by atoms with Gasteiger partial charge in [-0.15, -0.1) is 0 Å². The summed E-state index contributed by atoms with van der Waals surface area (Å²) in [6.07, 6.45) is 0. The Hall–Kier alpha value is -2.77. The molecule has 0 N–H and O–H groups in total. The van der Waals surface area contributed by atoms with Crippen LogP contribution in [-0.4, -0.2) is 68.7 Å². The van der Waals surface area contributed by atoms with Crippen molar-refractivity contribution in [1.29, 1.82) is 0 Å². The lowest BCUT2D eigenvalue weighted by atomic mass is 10.0. The van der Waals surface area contributed by atoms with E-state index in [2.05, 4.69) is 0 Å². The molecule has 0 saturated carbocycles. The highest BCUT2D eigenvalue weighted by Gasteiger charge is 2.33. The monoisotopic (exact) mass is 446 g/mol. The first-order valence-corrected chi connectivity index (χ1v) is 10.5. The Balaban J connectivity index is 1.74. The molecule has 1 fully saturated rings. The maximum absolute atomic E-state index is 13.1. The smallest absolute Gasteiger partial charge is 0.328 e. The summed E-state index contributed by atoms with van der Waals surface area (Å²) in [5.74, 6) is 0.676. The molecule has 166 valence electrons. The van der Waals surface area contributed by atoms with Crippen molar-refractivity contribution in [3.8, 4) is 11.5 Å². The molecule has 3 rings (SSSR count). The van der Waals surface area contributed by atoms with Crippen molar-refractivity contribution >= 4 is 23.5 Å². The number of rotatable bonds is 7. The topological polar surface area (TPSA) is 68.3 Å². The zero-order valence-corrected chi connectivity index (χ0v) is 18.7. The summed E-state index contributed by atoms with van der Waals surface area (Å²) in [6.45, 7) is 4.13. The summed E-state index contributed by atoms with van der Waals surface area (Å²) in [6, 6.07) is 11.8.